The van der Waals surface area contributed by atoms with Crippen LogP contribution in [-0.2, 0) is 23.8 Å². The normalized spacial score (nSPS) is 18.6. The molecule has 2 aromatic carbocycles. The smallest absolute Gasteiger partial charge is 0.307 e. The number of nitrogens with one attached hydrogen (secondary N) is 1. The Balaban J connectivity index is 1.05. The summed E-state index contributed by atoms with van der Waals surface area (Å²) in [6, 6.07) is 16.6. The third-order valence-electron chi connectivity index (χ3n) is 8.23. The number of esters is 1. The Morgan fingerprint density at radius 1 is 1.02 bits per heavy atom. The maximum absolute atomic E-state index is 13.5. The van der Waals surface area contributed by atoms with Crippen LogP contribution in [0.25, 0.3) is 0 Å². The van der Waals surface area contributed by atoms with Gasteiger partial charge in [0.15, 0.2) is 0 Å². The summed E-state index contributed by atoms with van der Waals surface area (Å²) >= 11 is 0. The van der Waals surface area contributed by atoms with Crippen molar-refractivity contribution in [1.82, 2.24) is 15.2 Å². The van der Waals surface area contributed by atoms with Crippen LogP contribution in [0.2, 0.25) is 0 Å². The van der Waals surface area contributed by atoms with Crippen LogP contribution < -0.4 is 19.7 Å². The van der Waals surface area contributed by atoms with Crippen LogP contribution in [0.1, 0.15) is 35.3 Å². The fourth-order valence-corrected chi connectivity index (χ4v) is 5.46. The zero-order valence-electron chi connectivity index (χ0n) is 26.8. The lowest BCUT2D eigenvalue weighted by Gasteiger charge is -2.36. The zero-order valence-corrected chi connectivity index (χ0v) is 26.8. The van der Waals surface area contributed by atoms with Gasteiger partial charge in [-0.05, 0) is 61.7 Å². The third-order valence-corrected chi connectivity index (χ3v) is 8.23. The molecule has 0 spiro atoms. The number of likely N-dealkylation sites (N-methyl/N-ethyl adjacent to an activating group) is 1. The van der Waals surface area contributed by atoms with E-state index < -0.39 is 17.6 Å². The maximum atomic E-state index is 13.5. The number of nitrogens with zero attached hydrogens (tertiary/aromatic N) is 3. The molecule has 3 aliphatic heterocycles. The van der Waals surface area contributed by atoms with Crippen molar-refractivity contribution in [2.24, 2.45) is 0 Å². The molecule has 12 nitrogen and oxygen atoms in total. The Morgan fingerprint density at radius 3 is 2.60 bits per heavy atom. The van der Waals surface area contributed by atoms with E-state index in [0.29, 0.717) is 34.9 Å². The highest BCUT2D eigenvalue weighted by Crippen LogP contribution is 2.32. The molecule has 2 fully saturated rings. The average Bonchev–Trinajstić information content (AvgIpc) is 3.20. The summed E-state index contributed by atoms with van der Waals surface area (Å²) in [7, 11) is 1.61. The summed E-state index contributed by atoms with van der Waals surface area (Å²) in [5, 5.41) is 2.74. The van der Waals surface area contributed by atoms with Crippen molar-refractivity contribution >= 4 is 23.5 Å². The number of morpholine rings is 1. The van der Waals surface area contributed by atoms with Gasteiger partial charge < -0.3 is 33.9 Å². The van der Waals surface area contributed by atoms with Gasteiger partial charge in [-0.2, -0.15) is 0 Å². The van der Waals surface area contributed by atoms with E-state index in [9.17, 15) is 14.4 Å². The van der Waals surface area contributed by atoms with Crippen molar-refractivity contribution in [2.45, 2.75) is 30.9 Å². The van der Waals surface area contributed by atoms with Crippen LogP contribution in [0.4, 0.5) is 5.69 Å². The molecule has 0 saturated carbocycles. The molecule has 12 heteroatoms. The van der Waals surface area contributed by atoms with Gasteiger partial charge in [-0.3, -0.25) is 24.3 Å². The minimum Gasteiger partial charge on any atom is -0.489 e. The van der Waals surface area contributed by atoms with Crippen molar-refractivity contribution in [3.05, 3.63) is 78.1 Å². The highest BCUT2D eigenvalue weighted by molar-refractivity contribution is 6.03. The van der Waals surface area contributed by atoms with Crippen LogP contribution in [0.15, 0.2) is 66.9 Å². The van der Waals surface area contributed by atoms with Gasteiger partial charge in [0, 0.05) is 44.4 Å². The Morgan fingerprint density at radius 2 is 1.83 bits per heavy atom. The molecule has 1 atom stereocenters. The van der Waals surface area contributed by atoms with Crippen LogP contribution in [0, 0.1) is 11.8 Å². The molecule has 0 unspecified atom stereocenters. The molecule has 6 rings (SSSR count). The highest BCUT2D eigenvalue weighted by Gasteiger charge is 2.41. The number of aromatic nitrogens is 1. The first kappa shape index (κ1) is 33.0. The quantitative estimate of drug-likeness (QED) is 0.198. The van der Waals surface area contributed by atoms with E-state index in [4.69, 9.17) is 23.7 Å². The predicted molar refractivity (Wildman–Crippen MR) is 175 cm³/mol. The molecule has 4 heterocycles. The molecule has 1 aromatic heterocycles. The van der Waals surface area contributed by atoms with Gasteiger partial charge >= 0.3 is 5.97 Å². The molecule has 2 saturated heterocycles. The van der Waals surface area contributed by atoms with E-state index in [0.717, 1.165) is 45.7 Å². The SMILES string of the molecule is CN1C(=O)[C@H](NC(=O)c2cc(Oc3ccccc3)ccn2)COc2ccc(C#CC3(OC(=O)CCCCN4CCOCC4)COC3)cc21. The summed E-state index contributed by atoms with van der Waals surface area (Å²) < 4.78 is 28.3. The van der Waals surface area contributed by atoms with E-state index >= 15 is 0 Å². The van der Waals surface area contributed by atoms with E-state index in [1.165, 1.54) is 17.2 Å². The average molecular weight is 655 g/mol. The van der Waals surface area contributed by atoms with Crippen LogP contribution in [0.5, 0.6) is 17.2 Å². The Labute approximate surface area is 279 Å². The first-order valence-electron chi connectivity index (χ1n) is 16.0. The Hall–Kier alpha value is -4.96. The van der Waals surface area contributed by atoms with E-state index in [-0.39, 0.29) is 37.4 Å². The number of carbonyl (C=O) groups excluding carboxylic acids is 3. The van der Waals surface area contributed by atoms with E-state index in [1.807, 2.05) is 18.2 Å². The molecule has 0 aliphatic carbocycles. The third kappa shape index (κ3) is 8.30. The number of rotatable bonds is 10. The summed E-state index contributed by atoms with van der Waals surface area (Å²) in [6.45, 7) is 4.62. The molecule has 48 heavy (non-hydrogen) atoms. The number of carbonyl (C=O) groups is 3. The number of anilines is 1. The Bertz CT molecular complexity index is 1680. The zero-order chi connectivity index (χ0) is 33.3. The number of hydrogen-bond acceptors (Lipinski definition) is 10. The van der Waals surface area contributed by atoms with Crippen LogP contribution in [-0.4, -0.2) is 99.0 Å². The molecule has 0 radical (unpaired) electrons. The molecule has 1 N–H and O–H groups in total. The lowest BCUT2D eigenvalue weighted by atomic mass is 10.0. The number of fused-ring (bicyclic) bond motifs is 1. The highest BCUT2D eigenvalue weighted by atomic mass is 16.6. The number of benzene rings is 2. The van der Waals surface area contributed by atoms with Gasteiger partial charge in [0.05, 0.1) is 18.9 Å². The second-order valence-corrected chi connectivity index (χ2v) is 11.8. The first-order chi connectivity index (χ1) is 23.4. The van der Waals surface area contributed by atoms with Gasteiger partial charge in [-0.1, -0.05) is 24.1 Å². The lowest BCUT2D eigenvalue weighted by Crippen LogP contribution is -2.52. The van der Waals surface area contributed by atoms with Gasteiger partial charge in [-0.15, -0.1) is 0 Å². The molecular formula is C36H38N4O8. The largest absolute Gasteiger partial charge is 0.489 e. The molecular weight excluding hydrogens is 616 g/mol. The van der Waals surface area contributed by atoms with Crippen molar-refractivity contribution in [3.8, 4) is 29.1 Å². The van der Waals surface area contributed by atoms with Gasteiger partial charge in [0.25, 0.3) is 11.8 Å². The topological polar surface area (TPSA) is 129 Å². The molecule has 3 aliphatic rings. The maximum Gasteiger partial charge on any atom is 0.307 e. The minimum absolute atomic E-state index is 0.0734. The summed E-state index contributed by atoms with van der Waals surface area (Å²) in [4.78, 5) is 47.1. The van der Waals surface area contributed by atoms with Gasteiger partial charge in [-0.25, -0.2) is 0 Å². The number of amides is 2. The number of para-hydroxylation sites is 1. The molecule has 3 aromatic rings. The molecule has 2 amide bonds. The van der Waals surface area contributed by atoms with Crippen molar-refractivity contribution in [3.63, 3.8) is 0 Å². The summed E-state index contributed by atoms with van der Waals surface area (Å²) in [5.41, 5.74) is 0.197. The summed E-state index contributed by atoms with van der Waals surface area (Å²) in [5.74, 6) is 6.49. The van der Waals surface area contributed by atoms with Crippen LogP contribution >= 0.6 is 0 Å². The second kappa shape index (κ2) is 15.3. The predicted octanol–water partition coefficient (Wildman–Crippen LogP) is 3.19. The fraction of sp³-hybridized carbons (Fsp3) is 0.389. The van der Waals surface area contributed by atoms with Crippen molar-refractivity contribution in [1.29, 1.82) is 0 Å². The van der Waals surface area contributed by atoms with E-state index in [2.05, 4.69) is 27.0 Å². The first-order valence-corrected chi connectivity index (χ1v) is 16.0. The van der Waals surface area contributed by atoms with Crippen molar-refractivity contribution in [2.75, 3.05) is 64.6 Å². The second-order valence-electron chi connectivity index (χ2n) is 11.8. The molecule has 250 valence electrons. The van der Waals surface area contributed by atoms with Crippen molar-refractivity contribution < 1.29 is 38.1 Å². The van der Waals surface area contributed by atoms with Gasteiger partial charge in [0.1, 0.15) is 48.8 Å². The standard InChI is InChI=1S/C36H38N4O8/c1-39-31-21-26(12-14-36(24-45-25-36)48-33(41)9-5-6-16-40-17-19-44-20-18-40)10-11-32(31)46-23-30(35(39)43)38-34(42)29-22-28(13-15-37-29)47-27-7-3-2-4-8-27/h2-4,7-8,10-11,13,15,21-22,30H,5-6,9,16-20,23-25H2,1H3,(H,38,42)/t30-/m1/s1. The number of unbranched alkanes of at least 4 members (excludes halogenated alkanes) is 1. The fourth-order valence-electron chi connectivity index (χ4n) is 5.46. The van der Waals surface area contributed by atoms with Crippen LogP contribution in [0.3, 0.4) is 0 Å². The number of ether oxygens (including phenoxy) is 5. The number of pyridine rings is 1. The summed E-state index contributed by atoms with van der Waals surface area (Å²) in [6.07, 6.45) is 3.43. The monoisotopic (exact) mass is 654 g/mol. The van der Waals surface area contributed by atoms with Gasteiger partial charge in [0.2, 0.25) is 5.60 Å². The minimum atomic E-state index is -1.00. The molecule has 0 bridgehead atoms. The lowest BCUT2D eigenvalue weighted by molar-refractivity contribution is -0.192. The van der Waals surface area contributed by atoms with E-state index in [1.54, 1.807) is 43.4 Å². The Kier molecular flexibility index (Phi) is 10.5. The number of hydrogen-bond donors (Lipinski definition) is 1.